The topological polar surface area (TPSA) is 114 Å². The first-order valence-electron chi connectivity index (χ1n) is 8.29. The van der Waals surface area contributed by atoms with Crippen molar-refractivity contribution in [2.45, 2.75) is 18.0 Å². The van der Waals surface area contributed by atoms with Crippen molar-refractivity contribution in [1.82, 2.24) is 25.0 Å². The number of nitrogens with zero attached hydrogens (tertiary/aromatic N) is 3. The van der Waals surface area contributed by atoms with E-state index >= 15 is 0 Å². The second-order valence-corrected chi connectivity index (χ2v) is 7.97. The molecule has 3 aromatic rings. The number of carbonyl (C=O) groups is 1. The largest absolute Gasteiger partial charge is 0.345 e. The zero-order valence-electron chi connectivity index (χ0n) is 14.8. The van der Waals surface area contributed by atoms with Crippen LogP contribution in [0, 0.1) is 5.82 Å². The molecule has 29 heavy (non-hydrogen) atoms. The molecular formula is C18H15ClFN5O3S. The van der Waals surface area contributed by atoms with Crippen LogP contribution in [0.5, 0.6) is 0 Å². The minimum atomic E-state index is -3.92. The number of halogens is 2. The van der Waals surface area contributed by atoms with Gasteiger partial charge in [-0.05, 0) is 30.3 Å². The number of hydrogen-bond acceptors (Lipinski definition) is 6. The van der Waals surface area contributed by atoms with E-state index in [1.54, 1.807) is 18.3 Å². The molecule has 0 unspecified atom stereocenters. The number of sulfonamides is 1. The standard InChI is InChI=1S/C18H15ClFN5O3S/c19-15-7-14(4-5-16(15)20)29(27,28)25-10-13-9-23-17(11-22-13)18(26)24-8-12-3-1-2-6-21-12/h1-7,9,11,25H,8,10H2,(H,24,26). The van der Waals surface area contributed by atoms with Gasteiger partial charge in [-0.2, -0.15) is 0 Å². The molecule has 2 aromatic heterocycles. The van der Waals surface area contributed by atoms with Crippen molar-refractivity contribution in [3.8, 4) is 0 Å². The van der Waals surface area contributed by atoms with E-state index in [2.05, 4.69) is 25.0 Å². The zero-order valence-corrected chi connectivity index (χ0v) is 16.4. The van der Waals surface area contributed by atoms with Crippen molar-refractivity contribution in [2.24, 2.45) is 0 Å². The lowest BCUT2D eigenvalue weighted by atomic mass is 10.3. The van der Waals surface area contributed by atoms with Crippen LogP contribution in [0.4, 0.5) is 4.39 Å². The average Bonchev–Trinajstić information content (AvgIpc) is 2.73. The molecule has 0 bridgehead atoms. The Morgan fingerprint density at radius 1 is 1.03 bits per heavy atom. The molecule has 0 radical (unpaired) electrons. The normalized spacial score (nSPS) is 11.2. The Morgan fingerprint density at radius 2 is 1.86 bits per heavy atom. The predicted octanol–water partition coefficient (Wildman–Crippen LogP) is 2.07. The molecule has 0 spiro atoms. The van der Waals surface area contributed by atoms with E-state index in [4.69, 9.17) is 11.6 Å². The summed E-state index contributed by atoms with van der Waals surface area (Å²) in [5.74, 6) is -1.15. The van der Waals surface area contributed by atoms with Gasteiger partial charge in [0.2, 0.25) is 10.0 Å². The third-order valence-corrected chi connectivity index (χ3v) is 5.43. The van der Waals surface area contributed by atoms with Crippen LogP contribution in [0.3, 0.4) is 0 Å². The maximum Gasteiger partial charge on any atom is 0.271 e. The fraction of sp³-hybridized carbons (Fsp3) is 0.111. The lowest BCUT2D eigenvalue weighted by Crippen LogP contribution is -2.26. The quantitative estimate of drug-likeness (QED) is 0.587. The zero-order chi connectivity index (χ0) is 20.9. The van der Waals surface area contributed by atoms with Crippen LogP contribution >= 0.6 is 11.6 Å². The summed E-state index contributed by atoms with van der Waals surface area (Å²) in [5, 5.41) is 2.37. The van der Waals surface area contributed by atoms with Gasteiger partial charge in [-0.3, -0.25) is 14.8 Å². The number of pyridine rings is 1. The molecule has 150 valence electrons. The van der Waals surface area contributed by atoms with Gasteiger partial charge in [0.05, 0.1) is 46.8 Å². The van der Waals surface area contributed by atoms with Crippen LogP contribution in [0.1, 0.15) is 21.9 Å². The Labute approximate surface area is 171 Å². The average molecular weight is 436 g/mol. The minimum absolute atomic E-state index is 0.0813. The highest BCUT2D eigenvalue weighted by Gasteiger charge is 2.16. The summed E-state index contributed by atoms with van der Waals surface area (Å²) in [7, 11) is -3.92. The highest BCUT2D eigenvalue weighted by Crippen LogP contribution is 2.19. The molecule has 2 heterocycles. The van der Waals surface area contributed by atoms with E-state index in [0.29, 0.717) is 11.4 Å². The van der Waals surface area contributed by atoms with Gasteiger partial charge >= 0.3 is 0 Å². The maximum atomic E-state index is 13.2. The van der Waals surface area contributed by atoms with E-state index < -0.39 is 21.7 Å². The Bertz CT molecular complexity index is 1110. The third-order valence-electron chi connectivity index (χ3n) is 3.74. The molecule has 0 aliphatic carbocycles. The molecule has 1 aromatic carbocycles. The van der Waals surface area contributed by atoms with Gasteiger partial charge in [-0.1, -0.05) is 17.7 Å². The molecule has 2 N–H and O–H groups in total. The SMILES string of the molecule is O=C(NCc1ccccn1)c1cnc(CNS(=O)(=O)c2ccc(F)c(Cl)c2)cn1. The van der Waals surface area contributed by atoms with Gasteiger partial charge in [0, 0.05) is 6.20 Å². The lowest BCUT2D eigenvalue weighted by molar-refractivity contribution is 0.0945. The number of aromatic nitrogens is 3. The fourth-order valence-electron chi connectivity index (χ4n) is 2.22. The van der Waals surface area contributed by atoms with Crippen molar-refractivity contribution in [1.29, 1.82) is 0 Å². The highest BCUT2D eigenvalue weighted by molar-refractivity contribution is 7.89. The van der Waals surface area contributed by atoms with E-state index in [-0.39, 0.29) is 28.7 Å². The second kappa shape index (κ2) is 9.03. The van der Waals surface area contributed by atoms with Gasteiger partial charge < -0.3 is 5.32 Å². The van der Waals surface area contributed by atoms with Crippen LogP contribution < -0.4 is 10.0 Å². The molecule has 0 saturated heterocycles. The second-order valence-electron chi connectivity index (χ2n) is 5.80. The molecule has 3 rings (SSSR count). The van der Waals surface area contributed by atoms with Crippen molar-refractivity contribution in [3.05, 3.63) is 82.9 Å². The molecule has 0 fully saturated rings. The minimum Gasteiger partial charge on any atom is -0.345 e. The summed E-state index contributed by atoms with van der Waals surface area (Å²) in [5.41, 5.74) is 1.07. The molecule has 0 saturated carbocycles. The van der Waals surface area contributed by atoms with Crippen LogP contribution in [-0.2, 0) is 23.1 Å². The van der Waals surface area contributed by atoms with Gasteiger partial charge in [0.15, 0.2) is 0 Å². The molecule has 1 amide bonds. The van der Waals surface area contributed by atoms with Crippen LogP contribution in [-0.4, -0.2) is 29.3 Å². The number of benzene rings is 1. The summed E-state index contributed by atoms with van der Waals surface area (Å²) in [6, 6.07) is 8.44. The van der Waals surface area contributed by atoms with Crippen LogP contribution in [0.25, 0.3) is 0 Å². The summed E-state index contributed by atoms with van der Waals surface area (Å²) >= 11 is 5.62. The molecule has 11 heteroatoms. The number of nitrogens with one attached hydrogen (secondary N) is 2. The monoisotopic (exact) mass is 435 g/mol. The van der Waals surface area contributed by atoms with Crippen molar-refractivity contribution in [2.75, 3.05) is 0 Å². The van der Waals surface area contributed by atoms with Gasteiger partial charge in [-0.15, -0.1) is 0 Å². The van der Waals surface area contributed by atoms with Crippen molar-refractivity contribution >= 4 is 27.5 Å². The first kappa shape index (κ1) is 20.8. The third kappa shape index (κ3) is 5.53. The smallest absolute Gasteiger partial charge is 0.271 e. The fourth-order valence-corrected chi connectivity index (χ4v) is 3.49. The van der Waals surface area contributed by atoms with E-state index in [9.17, 15) is 17.6 Å². The first-order chi connectivity index (χ1) is 13.8. The maximum absolute atomic E-state index is 13.2. The summed E-state index contributed by atoms with van der Waals surface area (Å²) < 4.78 is 40.0. The van der Waals surface area contributed by atoms with E-state index in [1.165, 1.54) is 12.4 Å². The van der Waals surface area contributed by atoms with Crippen LogP contribution in [0.2, 0.25) is 5.02 Å². The summed E-state index contributed by atoms with van der Waals surface area (Å²) in [6.07, 6.45) is 4.15. The van der Waals surface area contributed by atoms with Gasteiger partial charge in [0.25, 0.3) is 5.91 Å². The Hall–Kier alpha value is -2.95. The highest BCUT2D eigenvalue weighted by atomic mass is 35.5. The Morgan fingerprint density at radius 3 is 2.52 bits per heavy atom. The number of amides is 1. The molecule has 8 nitrogen and oxygen atoms in total. The van der Waals surface area contributed by atoms with Crippen LogP contribution in [0.15, 0.2) is 59.9 Å². The number of hydrogen-bond donors (Lipinski definition) is 2. The van der Waals surface area contributed by atoms with Gasteiger partial charge in [0.1, 0.15) is 11.5 Å². The van der Waals surface area contributed by atoms with Crippen molar-refractivity contribution in [3.63, 3.8) is 0 Å². The molecule has 0 aliphatic heterocycles. The van der Waals surface area contributed by atoms with Crippen molar-refractivity contribution < 1.29 is 17.6 Å². The number of carbonyl (C=O) groups excluding carboxylic acids is 1. The number of rotatable bonds is 7. The summed E-state index contributed by atoms with van der Waals surface area (Å²) in [6.45, 7) is 0.0727. The molecular weight excluding hydrogens is 421 g/mol. The molecule has 0 atom stereocenters. The van der Waals surface area contributed by atoms with E-state index in [1.807, 2.05) is 6.07 Å². The predicted molar refractivity (Wildman–Crippen MR) is 103 cm³/mol. The molecule has 0 aliphatic rings. The lowest BCUT2D eigenvalue weighted by Gasteiger charge is -2.08. The van der Waals surface area contributed by atoms with Gasteiger partial charge in [-0.25, -0.2) is 22.5 Å². The van der Waals surface area contributed by atoms with E-state index in [0.717, 1.165) is 18.2 Å². The Balaban J connectivity index is 1.58. The summed E-state index contributed by atoms with van der Waals surface area (Å²) in [4.78, 5) is 24.0. The first-order valence-corrected chi connectivity index (χ1v) is 10.1. The Kier molecular flexibility index (Phi) is 6.47.